The second kappa shape index (κ2) is 11.3. The second-order valence-electron chi connectivity index (χ2n) is 7.93. The van der Waals surface area contributed by atoms with E-state index in [4.69, 9.17) is 9.47 Å². The highest BCUT2D eigenvalue weighted by Gasteiger charge is 2.13. The van der Waals surface area contributed by atoms with Crippen LogP contribution in [0.2, 0.25) is 0 Å². The Kier molecular flexibility index (Phi) is 7.69. The first kappa shape index (κ1) is 23.2. The highest BCUT2D eigenvalue weighted by molar-refractivity contribution is 5.75. The summed E-state index contributed by atoms with van der Waals surface area (Å²) in [5.74, 6) is 1.75. The molecule has 1 aromatic carbocycles. The molecule has 10 heteroatoms. The van der Waals surface area contributed by atoms with Crippen molar-refractivity contribution in [2.24, 2.45) is 0 Å². The van der Waals surface area contributed by atoms with E-state index < -0.39 is 0 Å². The molecule has 3 aromatic rings. The third-order valence-electron chi connectivity index (χ3n) is 5.56. The van der Waals surface area contributed by atoms with Crippen LogP contribution >= 0.6 is 0 Å². The van der Waals surface area contributed by atoms with Crippen LogP contribution in [0.15, 0.2) is 53.8 Å². The van der Waals surface area contributed by atoms with Crippen LogP contribution in [0.4, 0.5) is 5.82 Å². The summed E-state index contributed by atoms with van der Waals surface area (Å²) in [6, 6.07) is 10.5. The molecular weight excluding hydrogens is 436 g/mol. The maximum atomic E-state index is 12.4. The Morgan fingerprint density at radius 1 is 1.06 bits per heavy atom. The van der Waals surface area contributed by atoms with E-state index in [1.54, 1.807) is 19.2 Å². The molecule has 0 bridgehead atoms. The molecule has 4 rings (SSSR count). The minimum atomic E-state index is -0.307. The van der Waals surface area contributed by atoms with E-state index in [-0.39, 0.29) is 31.2 Å². The molecule has 0 radical (unpaired) electrons. The molecule has 3 heterocycles. The number of ether oxygens (including phenoxy) is 2. The van der Waals surface area contributed by atoms with Crippen LogP contribution in [-0.2, 0) is 11.3 Å². The molecule has 34 heavy (non-hydrogen) atoms. The van der Waals surface area contributed by atoms with Gasteiger partial charge in [-0.1, -0.05) is 0 Å². The van der Waals surface area contributed by atoms with Crippen LogP contribution in [0, 0.1) is 0 Å². The first-order valence-electron chi connectivity index (χ1n) is 11.3. The van der Waals surface area contributed by atoms with Gasteiger partial charge in [-0.2, -0.15) is 0 Å². The number of rotatable bonds is 9. The highest BCUT2D eigenvalue weighted by atomic mass is 16.5. The number of carbonyl (C=O) groups excluding carboxylic acids is 1. The van der Waals surface area contributed by atoms with E-state index in [1.807, 2.05) is 18.2 Å². The fourth-order valence-corrected chi connectivity index (χ4v) is 3.73. The van der Waals surface area contributed by atoms with Gasteiger partial charge in [-0.05, 0) is 43.5 Å². The van der Waals surface area contributed by atoms with Crippen molar-refractivity contribution in [3.05, 3.63) is 59.4 Å². The zero-order valence-corrected chi connectivity index (χ0v) is 19.1. The lowest BCUT2D eigenvalue weighted by Gasteiger charge is -2.27. The Hall–Kier alpha value is -3.95. The van der Waals surface area contributed by atoms with Crippen LogP contribution in [-0.4, -0.2) is 58.8 Å². The minimum Gasteiger partial charge on any atom is -0.497 e. The summed E-state index contributed by atoms with van der Waals surface area (Å²) in [6.45, 7) is 2.39. The van der Waals surface area contributed by atoms with E-state index in [0.717, 1.165) is 43.1 Å². The molecule has 2 aromatic heterocycles. The topological polar surface area (TPSA) is 111 Å². The zero-order valence-electron chi connectivity index (χ0n) is 19.1. The summed E-state index contributed by atoms with van der Waals surface area (Å²) in [7, 11) is 1.59. The van der Waals surface area contributed by atoms with Gasteiger partial charge in [-0.15, -0.1) is 0 Å². The molecule has 178 valence electrons. The number of nitrogens with one attached hydrogen (secondary N) is 1. The van der Waals surface area contributed by atoms with Crippen LogP contribution < -0.4 is 25.2 Å². The van der Waals surface area contributed by atoms with Crippen molar-refractivity contribution < 1.29 is 14.3 Å². The molecule has 1 N–H and O–H groups in total. The van der Waals surface area contributed by atoms with Gasteiger partial charge in [0, 0.05) is 30.8 Å². The monoisotopic (exact) mass is 464 g/mol. The smallest absolute Gasteiger partial charge is 0.254 e. The predicted octanol–water partition coefficient (Wildman–Crippen LogP) is 1.89. The van der Waals surface area contributed by atoms with Gasteiger partial charge in [0.25, 0.3) is 5.56 Å². The lowest BCUT2D eigenvalue weighted by molar-refractivity contribution is -0.121. The molecule has 0 atom stereocenters. The lowest BCUT2D eigenvalue weighted by Crippen LogP contribution is -2.34. The molecule has 1 fully saturated rings. The van der Waals surface area contributed by atoms with E-state index >= 15 is 0 Å². The van der Waals surface area contributed by atoms with Crippen molar-refractivity contribution in [3.63, 3.8) is 0 Å². The maximum absolute atomic E-state index is 12.4. The number of anilines is 1. The van der Waals surface area contributed by atoms with Crippen molar-refractivity contribution in [1.29, 1.82) is 0 Å². The van der Waals surface area contributed by atoms with Gasteiger partial charge in [0.05, 0.1) is 25.7 Å². The number of aromatic nitrogens is 4. The second-order valence-corrected chi connectivity index (χ2v) is 7.93. The summed E-state index contributed by atoms with van der Waals surface area (Å²) >= 11 is 0. The molecule has 1 aliphatic heterocycles. The first-order valence-corrected chi connectivity index (χ1v) is 11.3. The Bertz CT molecular complexity index is 1160. The Labute approximate surface area is 197 Å². The van der Waals surface area contributed by atoms with Crippen molar-refractivity contribution in [2.45, 2.75) is 25.8 Å². The number of methoxy groups -OCH3 is 1. The van der Waals surface area contributed by atoms with Crippen LogP contribution in [0.5, 0.6) is 11.6 Å². The Morgan fingerprint density at radius 2 is 1.85 bits per heavy atom. The van der Waals surface area contributed by atoms with Crippen molar-refractivity contribution in [1.82, 2.24) is 24.8 Å². The van der Waals surface area contributed by atoms with Gasteiger partial charge in [0.2, 0.25) is 11.8 Å². The number of piperidine rings is 1. The summed E-state index contributed by atoms with van der Waals surface area (Å²) in [6.07, 6.45) is 6.44. The van der Waals surface area contributed by atoms with Gasteiger partial charge in [-0.3, -0.25) is 14.2 Å². The first-order chi connectivity index (χ1) is 16.6. The number of amides is 1. The lowest BCUT2D eigenvalue weighted by atomic mass is 10.1. The molecule has 1 amide bonds. The average molecular weight is 465 g/mol. The number of hydrogen-bond acceptors (Lipinski definition) is 8. The van der Waals surface area contributed by atoms with E-state index in [9.17, 15) is 9.59 Å². The summed E-state index contributed by atoms with van der Waals surface area (Å²) in [4.78, 5) is 39.7. The van der Waals surface area contributed by atoms with E-state index in [1.165, 1.54) is 29.7 Å². The zero-order chi connectivity index (χ0) is 23.8. The van der Waals surface area contributed by atoms with Crippen LogP contribution in [0.3, 0.4) is 0 Å². The molecule has 1 saturated heterocycles. The number of benzene rings is 1. The summed E-state index contributed by atoms with van der Waals surface area (Å²) in [5, 5.41) is 2.75. The minimum absolute atomic E-state index is 0.124. The largest absolute Gasteiger partial charge is 0.497 e. The SMILES string of the molecule is COc1ccc(-c2cc(=O)n(CC(=O)NCCOc3cc(N4CCCCC4)ncn3)cn2)cc1. The average Bonchev–Trinajstić information content (AvgIpc) is 2.88. The number of hydrogen-bond donors (Lipinski definition) is 1. The van der Waals surface area contributed by atoms with Gasteiger partial charge in [0.15, 0.2) is 0 Å². The fourth-order valence-electron chi connectivity index (χ4n) is 3.73. The maximum Gasteiger partial charge on any atom is 0.254 e. The normalized spacial score (nSPS) is 13.4. The molecule has 0 aliphatic carbocycles. The molecule has 0 saturated carbocycles. The van der Waals surface area contributed by atoms with Crippen molar-refractivity contribution >= 4 is 11.7 Å². The quantitative estimate of drug-likeness (QED) is 0.478. The van der Waals surface area contributed by atoms with Crippen molar-refractivity contribution in [2.75, 3.05) is 38.3 Å². The Morgan fingerprint density at radius 3 is 2.59 bits per heavy atom. The number of carbonyl (C=O) groups is 1. The highest BCUT2D eigenvalue weighted by Crippen LogP contribution is 2.20. The van der Waals surface area contributed by atoms with E-state index in [0.29, 0.717) is 11.6 Å². The molecular formula is C24H28N6O4. The van der Waals surface area contributed by atoms with Crippen molar-refractivity contribution in [3.8, 4) is 22.9 Å². The van der Waals surface area contributed by atoms with Gasteiger partial charge in [-0.25, -0.2) is 15.0 Å². The predicted molar refractivity (Wildman–Crippen MR) is 127 cm³/mol. The molecule has 0 spiro atoms. The third-order valence-corrected chi connectivity index (χ3v) is 5.56. The van der Waals surface area contributed by atoms with Gasteiger partial charge in [0.1, 0.15) is 31.0 Å². The van der Waals surface area contributed by atoms with Gasteiger partial charge < -0.3 is 19.7 Å². The standard InChI is InChI=1S/C24H28N6O4/c1-33-19-7-5-18(6-8-19)20-13-24(32)30(17-28-20)15-22(31)25-9-12-34-23-14-21(26-16-27-23)29-10-3-2-4-11-29/h5-8,13-14,16-17H,2-4,9-12,15H2,1H3,(H,25,31). The third kappa shape index (κ3) is 6.09. The molecule has 0 unspecified atom stereocenters. The summed E-state index contributed by atoms with van der Waals surface area (Å²) in [5.41, 5.74) is 1.02. The van der Waals surface area contributed by atoms with E-state index in [2.05, 4.69) is 25.2 Å². The number of nitrogens with zero attached hydrogens (tertiary/aromatic N) is 5. The van der Waals surface area contributed by atoms with Crippen LogP contribution in [0.1, 0.15) is 19.3 Å². The molecule has 10 nitrogen and oxygen atoms in total. The molecule has 1 aliphatic rings. The summed E-state index contributed by atoms with van der Waals surface area (Å²) < 4.78 is 12.1. The van der Waals surface area contributed by atoms with Crippen LogP contribution in [0.25, 0.3) is 11.3 Å². The Balaban J connectivity index is 1.24. The fraction of sp³-hybridized carbons (Fsp3) is 0.375. The van der Waals surface area contributed by atoms with Gasteiger partial charge >= 0.3 is 0 Å².